The van der Waals surface area contributed by atoms with Crippen LogP contribution in [0.4, 0.5) is 4.39 Å². The number of aromatic nitrogens is 2. The second kappa shape index (κ2) is 11.0. The molecule has 0 amide bonds. The summed E-state index contributed by atoms with van der Waals surface area (Å²) in [6, 6.07) is 4.86. The smallest absolute Gasteiger partial charge is 0.191 e. The predicted molar refractivity (Wildman–Crippen MR) is 113 cm³/mol. The second-order valence-corrected chi connectivity index (χ2v) is 5.80. The fraction of sp³-hybridized carbons (Fsp3) is 0.444. The number of aryl methyl sites for hydroxylation is 1. The highest BCUT2D eigenvalue weighted by molar-refractivity contribution is 14.0. The predicted octanol–water partition coefficient (Wildman–Crippen LogP) is 3.27. The SMILES string of the molecule is CCNC(=NCCn1cc(C)cn1)NC(C)c1ccc(OC)c(F)c1.I. The van der Waals surface area contributed by atoms with E-state index >= 15 is 0 Å². The Morgan fingerprint density at radius 1 is 1.42 bits per heavy atom. The molecule has 0 radical (unpaired) electrons. The Bertz CT molecular complexity index is 719. The molecule has 1 aromatic carbocycles. The fourth-order valence-electron chi connectivity index (χ4n) is 2.41. The number of hydrogen-bond donors (Lipinski definition) is 2. The molecular weight excluding hydrogens is 448 g/mol. The lowest BCUT2D eigenvalue weighted by molar-refractivity contribution is 0.386. The molecule has 1 atom stereocenters. The first kappa shape index (κ1) is 22.2. The van der Waals surface area contributed by atoms with E-state index in [1.54, 1.807) is 6.07 Å². The van der Waals surface area contributed by atoms with Gasteiger partial charge in [0.1, 0.15) is 0 Å². The number of ether oxygens (including phenoxy) is 1. The number of rotatable bonds is 7. The molecule has 2 N–H and O–H groups in total. The number of halogens is 2. The van der Waals surface area contributed by atoms with Gasteiger partial charge in [0.05, 0.1) is 32.4 Å². The van der Waals surface area contributed by atoms with Crippen LogP contribution in [0.1, 0.15) is 31.0 Å². The zero-order valence-electron chi connectivity index (χ0n) is 15.6. The molecular formula is C18H27FIN5O. The maximum absolute atomic E-state index is 13.9. The maximum Gasteiger partial charge on any atom is 0.191 e. The maximum atomic E-state index is 13.9. The van der Waals surface area contributed by atoms with E-state index in [1.807, 2.05) is 43.9 Å². The third-order valence-electron chi connectivity index (χ3n) is 3.73. The number of nitrogens with zero attached hydrogens (tertiary/aromatic N) is 3. The quantitative estimate of drug-likeness (QED) is 0.367. The van der Waals surface area contributed by atoms with Gasteiger partial charge in [-0.1, -0.05) is 6.07 Å². The van der Waals surface area contributed by atoms with E-state index in [2.05, 4.69) is 20.7 Å². The lowest BCUT2D eigenvalue weighted by Gasteiger charge is -2.18. The largest absolute Gasteiger partial charge is 0.494 e. The van der Waals surface area contributed by atoms with E-state index in [1.165, 1.54) is 13.2 Å². The summed E-state index contributed by atoms with van der Waals surface area (Å²) >= 11 is 0. The summed E-state index contributed by atoms with van der Waals surface area (Å²) in [6.45, 7) is 8.03. The molecule has 26 heavy (non-hydrogen) atoms. The van der Waals surface area contributed by atoms with Gasteiger partial charge in [-0.05, 0) is 44.0 Å². The minimum absolute atomic E-state index is 0. The van der Waals surface area contributed by atoms with Crippen molar-refractivity contribution in [3.63, 3.8) is 0 Å². The van der Waals surface area contributed by atoms with Crippen LogP contribution in [-0.2, 0) is 6.54 Å². The van der Waals surface area contributed by atoms with Crippen LogP contribution < -0.4 is 15.4 Å². The van der Waals surface area contributed by atoms with Crippen LogP contribution in [-0.4, -0.2) is 35.9 Å². The minimum atomic E-state index is -0.371. The van der Waals surface area contributed by atoms with E-state index in [-0.39, 0.29) is 41.6 Å². The average molecular weight is 475 g/mol. The van der Waals surface area contributed by atoms with Crippen molar-refractivity contribution in [3.05, 3.63) is 47.5 Å². The van der Waals surface area contributed by atoms with Gasteiger partial charge < -0.3 is 15.4 Å². The summed E-state index contributed by atoms with van der Waals surface area (Å²) in [7, 11) is 1.46. The van der Waals surface area contributed by atoms with Crippen LogP contribution in [0, 0.1) is 12.7 Å². The first-order chi connectivity index (χ1) is 12.0. The lowest BCUT2D eigenvalue weighted by atomic mass is 10.1. The minimum Gasteiger partial charge on any atom is -0.494 e. The molecule has 0 aliphatic heterocycles. The van der Waals surface area contributed by atoms with E-state index in [0.717, 1.165) is 17.7 Å². The molecule has 0 aliphatic rings. The molecule has 2 rings (SSSR count). The Kier molecular flexibility index (Phi) is 9.39. The molecule has 0 saturated carbocycles. The van der Waals surface area contributed by atoms with Crippen LogP contribution >= 0.6 is 24.0 Å². The highest BCUT2D eigenvalue weighted by Gasteiger charge is 2.11. The normalized spacial score (nSPS) is 12.3. The van der Waals surface area contributed by atoms with E-state index in [0.29, 0.717) is 19.0 Å². The first-order valence-corrected chi connectivity index (χ1v) is 8.40. The zero-order chi connectivity index (χ0) is 18.2. The molecule has 0 saturated heterocycles. The third kappa shape index (κ3) is 6.47. The molecule has 8 heteroatoms. The lowest BCUT2D eigenvalue weighted by Crippen LogP contribution is -2.39. The molecule has 1 unspecified atom stereocenters. The number of methoxy groups -OCH3 is 1. The van der Waals surface area contributed by atoms with E-state index < -0.39 is 0 Å². The van der Waals surface area contributed by atoms with Gasteiger partial charge in [-0.25, -0.2) is 4.39 Å². The summed E-state index contributed by atoms with van der Waals surface area (Å²) in [4.78, 5) is 4.55. The van der Waals surface area contributed by atoms with Gasteiger partial charge >= 0.3 is 0 Å². The molecule has 0 spiro atoms. The number of hydrogen-bond acceptors (Lipinski definition) is 3. The molecule has 0 fully saturated rings. The summed E-state index contributed by atoms with van der Waals surface area (Å²) in [5.41, 5.74) is 1.95. The van der Waals surface area contributed by atoms with Crippen molar-refractivity contribution in [2.24, 2.45) is 4.99 Å². The van der Waals surface area contributed by atoms with Crippen LogP contribution in [0.5, 0.6) is 5.75 Å². The Hall–Kier alpha value is -1.84. The van der Waals surface area contributed by atoms with Crippen molar-refractivity contribution in [1.29, 1.82) is 0 Å². The monoisotopic (exact) mass is 475 g/mol. The van der Waals surface area contributed by atoms with E-state index in [4.69, 9.17) is 4.74 Å². The van der Waals surface area contributed by atoms with Crippen molar-refractivity contribution >= 4 is 29.9 Å². The summed E-state index contributed by atoms with van der Waals surface area (Å²) < 4.78 is 20.7. The Morgan fingerprint density at radius 3 is 2.77 bits per heavy atom. The molecule has 1 heterocycles. The summed E-state index contributed by atoms with van der Waals surface area (Å²) in [5, 5.41) is 10.7. The van der Waals surface area contributed by atoms with Crippen LogP contribution in [0.3, 0.4) is 0 Å². The first-order valence-electron chi connectivity index (χ1n) is 8.40. The van der Waals surface area contributed by atoms with Gasteiger partial charge in [-0.2, -0.15) is 5.10 Å². The number of guanidine groups is 1. The van der Waals surface area contributed by atoms with E-state index in [9.17, 15) is 4.39 Å². The number of benzene rings is 1. The van der Waals surface area contributed by atoms with Crippen LogP contribution in [0.15, 0.2) is 35.6 Å². The van der Waals surface area contributed by atoms with Gasteiger partial charge in [0.2, 0.25) is 0 Å². The van der Waals surface area contributed by atoms with Crippen molar-refractivity contribution in [3.8, 4) is 5.75 Å². The van der Waals surface area contributed by atoms with Crippen molar-refractivity contribution < 1.29 is 9.13 Å². The molecule has 6 nitrogen and oxygen atoms in total. The molecule has 0 bridgehead atoms. The van der Waals surface area contributed by atoms with Crippen LogP contribution in [0.2, 0.25) is 0 Å². The highest BCUT2D eigenvalue weighted by atomic mass is 127. The highest BCUT2D eigenvalue weighted by Crippen LogP contribution is 2.21. The molecule has 0 aliphatic carbocycles. The molecule has 2 aromatic rings. The van der Waals surface area contributed by atoms with Crippen molar-refractivity contribution in [2.45, 2.75) is 33.4 Å². The van der Waals surface area contributed by atoms with Gasteiger partial charge in [-0.15, -0.1) is 24.0 Å². The second-order valence-electron chi connectivity index (χ2n) is 5.80. The van der Waals surface area contributed by atoms with Gasteiger partial charge in [0.25, 0.3) is 0 Å². The Labute approximate surface area is 171 Å². The van der Waals surface area contributed by atoms with Crippen molar-refractivity contribution in [2.75, 3.05) is 20.2 Å². The van der Waals surface area contributed by atoms with Crippen LogP contribution in [0.25, 0.3) is 0 Å². The summed E-state index contributed by atoms with van der Waals surface area (Å²) in [5.74, 6) is 0.561. The topological polar surface area (TPSA) is 63.5 Å². The Morgan fingerprint density at radius 2 is 2.19 bits per heavy atom. The fourth-order valence-corrected chi connectivity index (χ4v) is 2.41. The van der Waals surface area contributed by atoms with Gasteiger partial charge in [0.15, 0.2) is 17.5 Å². The number of aliphatic imine (C=N–C) groups is 1. The summed E-state index contributed by atoms with van der Waals surface area (Å²) in [6.07, 6.45) is 3.81. The standard InChI is InChI=1S/C18H26FN5O.HI/c1-5-20-18(21-8-9-24-12-13(2)11-22-24)23-14(3)15-6-7-17(25-4)16(19)10-15;/h6-7,10-12,14H,5,8-9H2,1-4H3,(H2,20,21,23);1H. The van der Waals surface area contributed by atoms with Gasteiger partial charge in [0, 0.05) is 12.7 Å². The van der Waals surface area contributed by atoms with Gasteiger partial charge in [-0.3, -0.25) is 9.67 Å². The van der Waals surface area contributed by atoms with Crippen molar-refractivity contribution in [1.82, 2.24) is 20.4 Å². The third-order valence-corrected chi connectivity index (χ3v) is 3.73. The average Bonchev–Trinajstić information content (AvgIpc) is 3.00. The zero-order valence-corrected chi connectivity index (χ0v) is 18.0. The molecule has 144 valence electrons. The number of nitrogens with one attached hydrogen (secondary N) is 2. The molecule has 1 aromatic heterocycles. The Balaban J connectivity index is 0.00000338.